The van der Waals surface area contributed by atoms with Gasteiger partial charge in [0.1, 0.15) is 11.6 Å². The van der Waals surface area contributed by atoms with Crippen LogP contribution in [0.1, 0.15) is 27.7 Å². The maximum atomic E-state index is 11.9. The molecule has 1 rings (SSSR count). The molecule has 0 aromatic carbocycles. The normalized spacial score (nSPS) is 25.5. The fourth-order valence-electron chi connectivity index (χ4n) is 1.81. The molecule has 6 nitrogen and oxygen atoms in total. The zero-order valence-electron chi connectivity index (χ0n) is 10.7. The number of hydrogen-bond donors (Lipinski definition) is 2. The van der Waals surface area contributed by atoms with Crippen LogP contribution in [0.2, 0.25) is 0 Å². The Kier molecular flexibility index (Phi) is 3.98. The lowest BCUT2D eigenvalue weighted by atomic mass is 10.1. The number of carboxylic acid groups (broad SMARTS) is 1. The van der Waals surface area contributed by atoms with E-state index in [-0.39, 0.29) is 6.04 Å². The maximum Gasteiger partial charge on any atom is 0.411 e. The van der Waals surface area contributed by atoms with Crippen LogP contribution in [-0.4, -0.2) is 52.8 Å². The highest BCUT2D eigenvalue weighted by Crippen LogP contribution is 2.15. The van der Waals surface area contributed by atoms with Crippen molar-refractivity contribution in [2.75, 3.05) is 13.1 Å². The molecule has 1 fully saturated rings. The number of nitrogens with zero attached hydrogens (tertiary/aromatic N) is 1. The van der Waals surface area contributed by atoms with Crippen LogP contribution in [0.5, 0.6) is 0 Å². The molecule has 0 aliphatic carbocycles. The second-order valence-electron chi connectivity index (χ2n) is 5.20. The molecule has 0 aromatic heterocycles. The van der Waals surface area contributed by atoms with E-state index in [0.717, 1.165) is 0 Å². The molecule has 17 heavy (non-hydrogen) atoms. The van der Waals surface area contributed by atoms with E-state index in [9.17, 15) is 9.59 Å². The number of ether oxygens (including phenoxy) is 1. The predicted octanol–water partition coefficient (Wildman–Crippen LogP) is 0.668. The van der Waals surface area contributed by atoms with Gasteiger partial charge in [-0.2, -0.15) is 0 Å². The molecule has 6 heteroatoms. The minimum atomic E-state index is -1.02. The van der Waals surface area contributed by atoms with Crippen LogP contribution < -0.4 is 5.32 Å². The highest BCUT2D eigenvalue weighted by atomic mass is 16.6. The highest BCUT2D eigenvalue weighted by molar-refractivity contribution is 5.81. The Morgan fingerprint density at radius 1 is 1.41 bits per heavy atom. The number of aliphatic carboxylic acids is 1. The molecule has 0 saturated carbocycles. The number of carbonyl (C=O) groups is 2. The molecule has 0 bridgehead atoms. The molecule has 1 amide bonds. The number of amides is 1. The molecule has 1 saturated heterocycles. The first kappa shape index (κ1) is 13.8. The van der Waals surface area contributed by atoms with E-state index in [4.69, 9.17) is 9.84 Å². The van der Waals surface area contributed by atoms with Crippen molar-refractivity contribution in [2.24, 2.45) is 0 Å². The molecular weight excluding hydrogens is 224 g/mol. The van der Waals surface area contributed by atoms with Crippen molar-refractivity contribution in [1.29, 1.82) is 0 Å². The van der Waals surface area contributed by atoms with Gasteiger partial charge in [0.05, 0.1) is 0 Å². The second-order valence-corrected chi connectivity index (χ2v) is 5.20. The summed E-state index contributed by atoms with van der Waals surface area (Å²) in [6.07, 6.45) is -0.571. The Morgan fingerprint density at radius 3 is 2.47 bits per heavy atom. The molecule has 0 spiro atoms. The monoisotopic (exact) mass is 244 g/mol. The van der Waals surface area contributed by atoms with Crippen LogP contribution in [0.15, 0.2) is 0 Å². The van der Waals surface area contributed by atoms with E-state index in [2.05, 4.69) is 5.32 Å². The predicted molar refractivity (Wildman–Crippen MR) is 61.8 cm³/mol. The van der Waals surface area contributed by atoms with Gasteiger partial charge in [-0.05, 0) is 27.7 Å². The van der Waals surface area contributed by atoms with Crippen LogP contribution in [0.4, 0.5) is 4.79 Å². The first-order valence-corrected chi connectivity index (χ1v) is 5.68. The molecule has 1 aliphatic rings. The van der Waals surface area contributed by atoms with Gasteiger partial charge >= 0.3 is 12.1 Å². The Hall–Kier alpha value is -1.30. The molecule has 98 valence electrons. The molecule has 2 atom stereocenters. The molecule has 1 aliphatic heterocycles. The third kappa shape index (κ3) is 3.59. The van der Waals surface area contributed by atoms with Gasteiger partial charge in [-0.15, -0.1) is 0 Å². The van der Waals surface area contributed by atoms with Gasteiger partial charge < -0.3 is 15.2 Å². The van der Waals surface area contributed by atoms with E-state index in [0.29, 0.717) is 13.1 Å². The van der Waals surface area contributed by atoms with Crippen LogP contribution in [0, 0.1) is 0 Å². The lowest BCUT2D eigenvalue weighted by Crippen LogP contribution is -2.62. The van der Waals surface area contributed by atoms with Crippen molar-refractivity contribution in [2.45, 2.75) is 45.4 Å². The van der Waals surface area contributed by atoms with Crippen molar-refractivity contribution >= 4 is 12.1 Å². The van der Waals surface area contributed by atoms with Gasteiger partial charge in [-0.25, -0.2) is 9.59 Å². The molecule has 1 heterocycles. The number of rotatable bonds is 1. The molecule has 0 aromatic rings. The molecule has 0 radical (unpaired) electrons. The zero-order valence-corrected chi connectivity index (χ0v) is 10.7. The molecular formula is C11H20N2O4. The zero-order chi connectivity index (χ0) is 13.2. The van der Waals surface area contributed by atoms with Gasteiger partial charge in [0.2, 0.25) is 0 Å². The number of nitrogens with one attached hydrogen (secondary N) is 1. The lowest BCUT2D eigenvalue weighted by molar-refractivity contribution is -0.145. The van der Waals surface area contributed by atoms with Crippen molar-refractivity contribution in [1.82, 2.24) is 10.2 Å². The fraction of sp³-hybridized carbons (Fsp3) is 0.818. The Labute approximate surface area is 101 Å². The van der Waals surface area contributed by atoms with Crippen molar-refractivity contribution in [3.05, 3.63) is 0 Å². The lowest BCUT2D eigenvalue weighted by Gasteiger charge is -2.38. The standard InChI is InChI=1S/C11H20N2O4/c1-7-8(9(14)15)13(6-5-12-7)10(16)17-11(2,3)4/h7-8,12H,5-6H2,1-4H3,(H,14,15). The first-order chi connectivity index (χ1) is 7.72. The van der Waals surface area contributed by atoms with Crippen molar-refractivity contribution in [3.63, 3.8) is 0 Å². The maximum absolute atomic E-state index is 11.9. The van der Waals surface area contributed by atoms with E-state index >= 15 is 0 Å². The Balaban J connectivity index is 2.79. The third-order valence-electron chi connectivity index (χ3n) is 2.51. The van der Waals surface area contributed by atoms with Gasteiger partial charge in [0.15, 0.2) is 0 Å². The fourth-order valence-corrected chi connectivity index (χ4v) is 1.81. The third-order valence-corrected chi connectivity index (χ3v) is 2.51. The van der Waals surface area contributed by atoms with Gasteiger partial charge in [-0.3, -0.25) is 4.90 Å². The van der Waals surface area contributed by atoms with Gasteiger partial charge in [-0.1, -0.05) is 0 Å². The van der Waals surface area contributed by atoms with Crippen LogP contribution in [0.3, 0.4) is 0 Å². The Bertz CT molecular complexity index is 311. The summed E-state index contributed by atoms with van der Waals surface area (Å²) in [4.78, 5) is 24.3. The van der Waals surface area contributed by atoms with E-state index in [1.807, 2.05) is 0 Å². The van der Waals surface area contributed by atoms with Gasteiger partial charge in [0.25, 0.3) is 0 Å². The van der Waals surface area contributed by atoms with E-state index < -0.39 is 23.7 Å². The summed E-state index contributed by atoms with van der Waals surface area (Å²) in [7, 11) is 0. The SMILES string of the molecule is CC1NCCN(C(=O)OC(C)(C)C)C1C(=O)O. The summed E-state index contributed by atoms with van der Waals surface area (Å²) >= 11 is 0. The largest absolute Gasteiger partial charge is 0.480 e. The second kappa shape index (κ2) is 4.91. The number of piperazine rings is 1. The first-order valence-electron chi connectivity index (χ1n) is 5.68. The van der Waals surface area contributed by atoms with E-state index in [1.54, 1.807) is 27.7 Å². The average molecular weight is 244 g/mol. The topological polar surface area (TPSA) is 78.9 Å². The van der Waals surface area contributed by atoms with Crippen LogP contribution in [-0.2, 0) is 9.53 Å². The van der Waals surface area contributed by atoms with E-state index in [1.165, 1.54) is 4.90 Å². The van der Waals surface area contributed by atoms with Crippen molar-refractivity contribution in [3.8, 4) is 0 Å². The van der Waals surface area contributed by atoms with Gasteiger partial charge in [0, 0.05) is 19.1 Å². The summed E-state index contributed by atoms with van der Waals surface area (Å²) in [6, 6.07) is -1.16. The number of carbonyl (C=O) groups excluding carboxylic acids is 1. The summed E-state index contributed by atoms with van der Waals surface area (Å²) in [5.41, 5.74) is -0.617. The minimum absolute atomic E-state index is 0.284. The highest BCUT2D eigenvalue weighted by Gasteiger charge is 2.38. The molecule has 2 N–H and O–H groups in total. The van der Waals surface area contributed by atoms with Crippen molar-refractivity contribution < 1.29 is 19.4 Å². The summed E-state index contributed by atoms with van der Waals surface area (Å²) in [6.45, 7) is 7.93. The Morgan fingerprint density at radius 2 is 2.00 bits per heavy atom. The van der Waals surface area contributed by atoms with Crippen LogP contribution in [0.25, 0.3) is 0 Å². The smallest absolute Gasteiger partial charge is 0.411 e. The minimum Gasteiger partial charge on any atom is -0.480 e. The van der Waals surface area contributed by atoms with Crippen LogP contribution >= 0.6 is 0 Å². The quantitative estimate of drug-likeness (QED) is 0.708. The average Bonchev–Trinajstić information content (AvgIpc) is 2.13. The summed E-state index contributed by atoms with van der Waals surface area (Å²) in [5, 5.41) is 12.2. The summed E-state index contributed by atoms with van der Waals surface area (Å²) in [5.74, 6) is -1.02. The molecule has 2 unspecified atom stereocenters. The summed E-state index contributed by atoms with van der Waals surface area (Å²) < 4.78 is 5.20. The number of hydrogen-bond acceptors (Lipinski definition) is 4. The number of carboxylic acids is 1.